The highest BCUT2D eigenvalue weighted by Crippen LogP contribution is 2.48. The standard InChI is InChI=1S/C28H27BrN2O5/c1-3-4-16-35-22-15-10-18(17-23(22)34-2)25-24-26(36-31(25)21-8-6-5-7-9-21)28(33)30(27(24)32)20-13-11-19(29)12-14-20/h5-15,17,24-26H,3-4,16H2,1-2H3/t24-,25-,26-/m0/s1. The molecule has 0 spiro atoms. The summed E-state index contributed by atoms with van der Waals surface area (Å²) in [5.74, 6) is -0.179. The molecule has 0 aromatic heterocycles. The number of rotatable bonds is 8. The van der Waals surface area contributed by atoms with Gasteiger partial charge in [0.1, 0.15) is 5.92 Å². The number of unbranched alkanes of at least 4 members (excludes halogenated alkanes) is 1. The van der Waals surface area contributed by atoms with Crippen molar-refractivity contribution in [2.45, 2.75) is 31.9 Å². The molecule has 0 unspecified atom stereocenters. The second-order valence-electron chi connectivity index (χ2n) is 8.76. The predicted molar refractivity (Wildman–Crippen MR) is 140 cm³/mol. The third-order valence-corrected chi connectivity index (χ3v) is 7.02. The first-order valence-electron chi connectivity index (χ1n) is 12.0. The van der Waals surface area contributed by atoms with Crippen molar-refractivity contribution in [3.8, 4) is 11.5 Å². The van der Waals surface area contributed by atoms with Crippen LogP contribution < -0.4 is 19.4 Å². The van der Waals surface area contributed by atoms with Gasteiger partial charge in [-0.05, 0) is 60.5 Å². The molecule has 3 aromatic carbocycles. The van der Waals surface area contributed by atoms with E-state index in [1.807, 2.05) is 48.5 Å². The van der Waals surface area contributed by atoms with Crippen LogP contribution in [0.5, 0.6) is 11.5 Å². The number of nitrogens with zero attached hydrogens (tertiary/aromatic N) is 2. The Morgan fingerprint density at radius 2 is 1.67 bits per heavy atom. The summed E-state index contributed by atoms with van der Waals surface area (Å²) < 4.78 is 12.4. The number of anilines is 2. The van der Waals surface area contributed by atoms with Gasteiger partial charge in [0.25, 0.3) is 5.91 Å². The van der Waals surface area contributed by atoms with E-state index in [0.29, 0.717) is 23.8 Å². The van der Waals surface area contributed by atoms with E-state index in [4.69, 9.17) is 14.3 Å². The van der Waals surface area contributed by atoms with Gasteiger partial charge in [0.05, 0.1) is 31.1 Å². The zero-order valence-electron chi connectivity index (χ0n) is 20.1. The highest BCUT2D eigenvalue weighted by atomic mass is 79.9. The van der Waals surface area contributed by atoms with Gasteiger partial charge in [0, 0.05) is 4.47 Å². The zero-order chi connectivity index (χ0) is 25.2. The number of fused-ring (bicyclic) bond motifs is 1. The lowest BCUT2D eigenvalue weighted by atomic mass is 9.90. The van der Waals surface area contributed by atoms with Crippen LogP contribution in [0.25, 0.3) is 0 Å². The Balaban J connectivity index is 1.54. The average Bonchev–Trinajstić information content (AvgIpc) is 3.41. The number of hydrogen-bond acceptors (Lipinski definition) is 6. The first-order valence-corrected chi connectivity index (χ1v) is 12.8. The van der Waals surface area contributed by atoms with Gasteiger partial charge < -0.3 is 9.47 Å². The van der Waals surface area contributed by atoms with Crippen LogP contribution in [0, 0.1) is 5.92 Å². The van der Waals surface area contributed by atoms with Crippen molar-refractivity contribution in [2.24, 2.45) is 5.92 Å². The van der Waals surface area contributed by atoms with E-state index < -0.39 is 18.1 Å². The van der Waals surface area contributed by atoms with Gasteiger partial charge in [-0.3, -0.25) is 14.4 Å². The minimum absolute atomic E-state index is 0.294. The molecule has 2 amide bonds. The smallest absolute Gasteiger partial charge is 0.266 e. The SMILES string of the molecule is CCCCOc1ccc([C@H]2[C@@H]3C(=O)N(c4ccc(Br)cc4)C(=O)[C@H]3ON2c2ccccc2)cc1OC. The molecule has 3 aromatic rings. The number of ether oxygens (including phenoxy) is 2. The van der Waals surface area contributed by atoms with Crippen LogP contribution >= 0.6 is 15.9 Å². The Bertz CT molecular complexity index is 1250. The molecule has 7 nitrogen and oxygen atoms in total. The molecule has 0 bridgehead atoms. The van der Waals surface area contributed by atoms with Gasteiger partial charge in [-0.15, -0.1) is 0 Å². The van der Waals surface area contributed by atoms with Gasteiger partial charge in [-0.25, -0.2) is 9.96 Å². The molecule has 186 valence electrons. The number of halogens is 1. The number of carbonyl (C=O) groups excluding carboxylic acids is 2. The molecular formula is C28H27BrN2O5. The minimum atomic E-state index is -0.933. The number of benzene rings is 3. The maximum Gasteiger partial charge on any atom is 0.266 e. The summed E-state index contributed by atoms with van der Waals surface area (Å²) in [7, 11) is 1.59. The van der Waals surface area contributed by atoms with Gasteiger partial charge >= 0.3 is 0 Å². The van der Waals surface area contributed by atoms with Crippen LogP contribution in [0.3, 0.4) is 0 Å². The fourth-order valence-electron chi connectivity index (χ4n) is 4.71. The topological polar surface area (TPSA) is 68.3 Å². The predicted octanol–water partition coefficient (Wildman–Crippen LogP) is 5.69. The fraction of sp³-hybridized carbons (Fsp3) is 0.286. The van der Waals surface area contributed by atoms with Crippen LogP contribution in [-0.2, 0) is 14.4 Å². The van der Waals surface area contributed by atoms with Crippen molar-refractivity contribution in [1.29, 1.82) is 0 Å². The third kappa shape index (κ3) is 4.35. The number of carbonyl (C=O) groups is 2. The van der Waals surface area contributed by atoms with E-state index in [9.17, 15) is 9.59 Å². The van der Waals surface area contributed by atoms with E-state index in [1.165, 1.54) is 4.90 Å². The molecule has 3 atom stereocenters. The Morgan fingerprint density at radius 1 is 0.917 bits per heavy atom. The molecular weight excluding hydrogens is 524 g/mol. The molecule has 36 heavy (non-hydrogen) atoms. The van der Waals surface area contributed by atoms with Crippen LogP contribution in [0.2, 0.25) is 0 Å². The largest absolute Gasteiger partial charge is 0.493 e. The van der Waals surface area contributed by atoms with E-state index in [0.717, 1.165) is 28.6 Å². The average molecular weight is 551 g/mol. The lowest BCUT2D eigenvalue weighted by Crippen LogP contribution is -2.37. The molecule has 2 aliphatic rings. The van der Waals surface area contributed by atoms with Crippen LogP contribution in [-0.4, -0.2) is 31.6 Å². The highest BCUT2D eigenvalue weighted by molar-refractivity contribution is 9.10. The van der Waals surface area contributed by atoms with Gasteiger partial charge in [-0.1, -0.05) is 53.5 Å². The van der Waals surface area contributed by atoms with Crippen molar-refractivity contribution in [3.63, 3.8) is 0 Å². The van der Waals surface area contributed by atoms with Crippen molar-refractivity contribution in [3.05, 3.63) is 82.8 Å². The Labute approximate surface area is 218 Å². The quantitative estimate of drug-likeness (QED) is 0.265. The first-order chi connectivity index (χ1) is 17.5. The van der Waals surface area contributed by atoms with Crippen LogP contribution in [0.4, 0.5) is 11.4 Å². The van der Waals surface area contributed by atoms with Gasteiger partial charge in [-0.2, -0.15) is 0 Å². The van der Waals surface area contributed by atoms with Crippen LogP contribution in [0.1, 0.15) is 31.4 Å². The summed E-state index contributed by atoms with van der Waals surface area (Å²) in [6, 6.07) is 21.7. The van der Waals surface area contributed by atoms with Crippen molar-refractivity contribution < 1.29 is 23.9 Å². The summed E-state index contributed by atoms with van der Waals surface area (Å²) in [4.78, 5) is 34.7. The van der Waals surface area contributed by atoms with Crippen LogP contribution in [0.15, 0.2) is 77.3 Å². The lowest BCUT2D eigenvalue weighted by Gasteiger charge is -2.29. The van der Waals surface area contributed by atoms with Crippen molar-refractivity contribution >= 4 is 39.1 Å². The van der Waals surface area contributed by atoms with E-state index in [2.05, 4.69) is 22.9 Å². The second-order valence-corrected chi connectivity index (χ2v) is 9.67. The van der Waals surface area contributed by atoms with Crippen molar-refractivity contribution in [2.75, 3.05) is 23.7 Å². The van der Waals surface area contributed by atoms with Gasteiger partial charge in [0.15, 0.2) is 17.6 Å². The Hall–Kier alpha value is -3.36. The number of para-hydroxylation sites is 1. The number of imide groups is 1. The molecule has 2 fully saturated rings. The number of methoxy groups -OCH3 is 1. The Kier molecular flexibility index (Phi) is 6.98. The summed E-state index contributed by atoms with van der Waals surface area (Å²) >= 11 is 3.40. The lowest BCUT2D eigenvalue weighted by molar-refractivity contribution is -0.126. The summed E-state index contributed by atoms with van der Waals surface area (Å²) in [6.45, 7) is 2.70. The maximum atomic E-state index is 13.8. The summed E-state index contributed by atoms with van der Waals surface area (Å²) in [6.07, 6.45) is 1.04. The normalized spacial score (nSPS) is 21.1. The molecule has 0 N–H and O–H groups in total. The maximum absolute atomic E-state index is 13.8. The number of hydroxylamine groups is 1. The third-order valence-electron chi connectivity index (χ3n) is 6.50. The number of amides is 2. The molecule has 2 heterocycles. The second kappa shape index (κ2) is 10.3. The zero-order valence-corrected chi connectivity index (χ0v) is 21.7. The molecule has 0 saturated carbocycles. The molecule has 0 radical (unpaired) electrons. The van der Waals surface area contributed by atoms with E-state index in [1.54, 1.807) is 36.4 Å². The minimum Gasteiger partial charge on any atom is -0.493 e. The van der Waals surface area contributed by atoms with Gasteiger partial charge in [0.2, 0.25) is 5.91 Å². The molecule has 0 aliphatic carbocycles. The monoisotopic (exact) mass is 550 g/mol. The van der Waals surface area contributed by atoms with E-state index in [-0.39, 0.29) is 11.8 Å². The molecule has 2 saturated heterocycles. The summed E-state index contributed by atoms with van der Waals surface area (Å²) in [5.41, 5.74) is 2.08. The molecule has 5 rings (SSSR count). The van der Waals surface area contributed by atoms with E-state index >= 15 is 0 Å². The molecule has 2 aliphatic heterocycles. The number of hydrogen-bond donors (Lipinski definition) is 0. The van der Waals surface area contributed by atoms with Crippen molar-refractivity contribution in [1.82, 2.24) is 0 Å². The fourth-order valence-corrected chi connectivity index (χ4v) is 4.98. The molecule has 8 heteroatoms. The highest BCUT2D eigenvalue weighted by Gasteiger charge is 2.60. The summed E-state index contributed by atoms with van der Waals surface area (Å²) in [5, 5.41) is 1.68. The first kappa shape index (κ1) is 24.3. The Morgan fingerprint density at radius 3 is 2.36 bits per heavy atom.